The number of urea groups is 1. The number of amides is 2. The third-order valence-electron chi connectivity index (χ3n) is 5.43. The van der Waals surface area contributed by atoms with Crippen LogP contribution in [0, 0.1) is 0 Å². The van der Waals surface area contributed by atoms with Gasteiger partial charge < -0.3 is 15.0 Å². The number of nitrogens with one attached hydrogen (secondary N) is 1. The monoisotopic (exact) mass is 380 g/mol. The van der Waals surface area contributed by atoms with Gasteiger partial charge >= 0.3 is 6.03 Å². The number of para-hydroxylation sites is 1. The van der Waals surface area contributed by atoms with Crippen LogP contribution in [0.3, 0.4) is 0 Å². The Kier molecular flexibility index (Phi) is 6.96. The van der Waals surface area contributed by atoms with E-state index < -0.39 is 0 Å². The first-order valence-electron chi connectivity index (χ1n) is 10.4. The molecule has 1 fully saturated rings. The molecular weight excluding hydrogens is 348 g/mol. The van der Waals surface area contributed by atoms with Crippen molar-refractivity contribution in [3.05, 3.63) is 66.2 Å². The van der Waals surface area contributed by atoms with E-state index in [4.69, 9.17) is 4.74 Å². The molecule has 1 unspecified atom stereocenters. The van der Waals surface area contributed by atoms with Gasteiger partial charge in [-0.25, -0.2) is 4.79 Å². The largest absolute Gasteiger partial charge is 0.490 e. The Morgan fingerprint density at radius 2 is 1.75 bits per heavy atom. The number of aryl methyl sites for hydroxylation is 1. The van der Waals surface area contributed by atoms with Gasteiger partial charge in [-0.1, -0.05) is 48.5 Å². The molecule has 2 aromatic rings. The summed E-state index contributed by atoms with van der Waals surface area (Å²) in [5.74, 6) is 0.902. The fraction of sp³-hybridized carbons (Fsp3) is 0.458. The summed E-state index contributed by atoms with van der Waals surface area (Å²) in [6.45, 7) is 5.70. The molecule has 0 bridgehead atoms. The average Bonchev–Trinajstić information content (AvgIpc) is 2.68. The SMILES string of the molecule is CC1(C)CC(Oc2ccccc2)CCN1C(=O)NCCCCc1ccccc1. The van der Waals surface area contributed by atoms with Gasteiger partial charge in [0.05, 0.1) is 0 Å². The van der Waals surface area contributed by atoms with Gasteiger partial charge in [-0.2, -0.15) is 0 Å². The predicted octanol–water partition coefficient (Wildman–Crippen LogP) is 5.04. The quantitative estimate of drug-likeness (QED) is 0.684. The zero-order chi connectivity index (χ0) is 19.8. The molecule has 2 aromatic carbocycles. The summed E-state index contributed by atoms with van der Waals surface area (Å²) in [5.41, 5.74) is 1.14. The first-order chi connectivity index (χ1) is 13.5. The highest BCUT2D eigenvalue weighted by molar-refractivity contribution is 5.75. The Hall–Kier alpha value is -2.49. The molecule has 0 saturated carbocycles. The van der Waals surface area contributed by atoms with Crippen molar-refractivity contribution in [2.75, 3.05) is 13.1 Å². The number of piperidine rings is 1. The van der Waals surface area contributed by atoms with Crippen LogP contribution < -0.4 is 10.1 Å². The van der Waals surface area contributed by atoms with E-state index in [1.165, 1.54) is 5.56 Å². The number of ether oxygens (including phenoxy) is 1. The highest BCUT2D eigenvalue weighted by Crippen LogP contribution is 2.30. The smallest absolute Gasteiger partial charge is 0.317 e. The topological polar surface area (TPSA) is 41.6 Å². The molecule has 1 aliphatic rings. The zero-order valence-electron chi connectivity index (χ0n) is 17.1. The van der Waals surface area contributed by atoms with Gasteiger partial charge in [0.1, 0.15) is 11.9 Å². The van der Waals surface area contributed by atoms with Gasteiger partial charge in [0, 0.05) is 31.5 Å². The lowest BCUT2D eigenvalue weighted by atomic mass is 9.88. The Balaban J connectivity index is 1.40. The van der Waals surface area contributed by atoms with Crippen molar-refractivity contribution >= 4 is 6.03 Å². The Labute approximate surface area is 168 Å². The molecule has 3 rings (SSSR count). The normalized spacial score (nSPS) is 18.5. The van der Waals surface area contributed by atoms with Crippen LogP contribution in [-0.2, 0) is 6.42 Å². The minimum atomic E-state index is -0.216. The van der Waals surface area contributed by atoms with Crippen molar-refractivity contribution in [2.24, 2.45) is 0 Å². The standard InChI is InChI=1S/C24H32N2O2/c1-24(2)19-22(28-21-14-7-4-8-15-21)16-18-26(24)23(27)25-17-10-9-13-20-11-5-3-6-12-20/h3-8,11-12,14-15,22H,9-10,13,16-19H2,1-2H3,(H,25,27). The summed E-state index contributed by atoms with van der Waals surface area (Å²) >= 11 is 0. The lowest BCUT2D eigenvalue weighted by Gasteiger charge is -2.45. The average molecular weight is 381 g/mol. The Morgan fingerprint density at radius 3 is 2.43 bits per heavy atom. The predicted molar refractivity (Wildman–Crippen MR) is 114 cm³/mol. The van der Waals surface area contributed by atoms with E-state index in [1.54, 1.807) is 0 Å². The van der Waals surface area contributed by atoms with Gasteiger partial charge in [-0.05, 0) is 50.8 Å². The van der Waals surface area contributed by atoms with Gasteiger partial charge in [-0.3, -0.25) is 0 Å². The van der Waals surface area contributed by atoms with Crippen molar-refractivity contribution in [1.29, 1.82) is 0 Å². The van der Waals surface area contributed by atoms with Crippen LogP contribution in [0.15, 0.2) is 60.7 Å². The fourth-order valence-electron chi connectivity index (χ4n) is 3.90. The number of unbranched alkanes of at least 4 members (excludes halogenated alkanes) is 1. The van der Waals surface area contributed by atoms with Gasteiger partial charge in [0.2, 0.25) is 0 Å². The summed E-state index contributed by atoms with van der Waals surface area (Å²) in [4.78, 5) is 14.7. The third-order valence-corrected chi connectivity index (χ3v) is 5.43. The molecule has 4 heteroatoms. The maximum atomic E-state index is 12.7. The molecule has 1 saturated heterocycles. The highest BCUT2D eigenvalue weighted by Gasteiger charge is 2.38. The van der Waals surface area contributed by atoms with Crippen LogP contribution in [0.1, 0.15) is 45.1 Å². The number of likely N-dealkylation sites (tertiary alicyclic amines) is 1. The Morgan fingerprint density at radius 1 is 1.07 bits per heavy atom. The summed E-state index contributed by atoms with van der Waals surface area (Å²) in [6.07, 6.45) is 4.98. The van der Waals surface area contributed by atoms with Crippen molar-refractivity contribution in [3.63, 3.8) is 0 Å². The number of carbonyl (C=O) groups excluding carboxylic acids is 1. The second-order valence-corrected chi connectivity index (χ2v) is 8.18. The van der Waals surface area contributed by atoms with E-state index in [-0.39, 0.29) is 17.7 Å². The van der Waals surface area contributed by atoms with Crippen LogP contribution >= 0.6 is 0 Å². The maximum Gasteiger partial charge on any atom is 0.317 e. The van der Waals surface area contributed by atoms with Crippen LogP contribution in [0.5, 0.6) is 5.75 Å². The molecule has 0 radical (unpaired) electrons. The molecule has 28 heavy (non-hydrogen) atoms. The molecule has 0 aliphatic carbocycles. The number of nitrogens with zero attached hydrogens (tertiary/aromatic N) is 1. The van der Waals surface area contributed by atoms with Crippen molar-refractivity contribution in [1.82, 2.24) is 10.2 Å². The lowest BCUT2D eigenvalue weighted by Crippen LogP contribution is -2.57. The van der Waals surface area contributed by atoms with Crippen LogP contribution in [-0.4, -0.2) is 35.7 Å². The van der Waals surface area contributed by atoms with E-state index in [9.17, 15) is 4.79 Å². The van der Waals surface area contributed by atoms with Crippen molar-refractivity contribution in [3.8, 4) is 5.75 Å². The Bertz CT molecular complexity index is 731. The molecule has 2 amide bonds. The van der Waals surface area contributed by atoms with Crippen LogP contribution in [0.2, 0.25) is 0 Å². The van der Waals surface area contributed by atoms with E-state index in [0.717, 1.165) is 50.9 Å². The van der Waals surface area contributed by atoms with Crippen molar-refractivity contribution < 1.29 is 9.53 Å². The second-order valence-electron chi connectivity index (χ2n) is 8.18. The lowest BCUT2D eigenvalue weighted by molar-refractivity contribution is 0.0330. The van der Waals surface area contributed by atoms with E-state index in [2.05, 4.69) is 43.4 Å². The molecule has 1 atom stereocenters. The first-order valence-corrected chi connectivity index (χ1v) is 10.4. The summed E-state index contributed by atoms with van der Waals surface area (Å²) in [5, 5.41) is 3.10. The van der Waals surface area contributed by atoms with Gasteiger partial charge in [-0.15, -0.1) is 0 Å². The highest BCUT2D eigenvalue weighted by atomic mass is 16.5. The minimum absolute atomic E-state index is 0.0443. The molecule has 0 spiro atoms. The summed E-state index contributed by atoms with van der Waals surface area (Å²) in [6, 6.07) is 20.5. The molecule has 1 aliphatic heterocycles. The number of carbonyl (C=O) groups is 1. The number of hydrogen-bond donors (Lipinski definition) is 1. The van der Waals surface area contributed by atoms with E-state index in [1.807, 2.05) is 41.3 Å². The van der Waals surface area contributed by atoms with Gasteiger partial charge in [0.25, 0.3) is 0 Å². The molecule has 4 nitrogen and oxygen atoms in total. The third kappa shape index (κ3) is 5.75. The second kappa shape index (κ2) is 9.63. The fourth-order valence-corrected chi connectivity index (χ4v) is 3.90. The zero-order valence-corrected chi connectivity index (χ0v) is 17.1. The number of benzene rings is 2. The molecule has 150 valence electrons. The summed E-state index contributed by atoms with van der Waals surface area (Å²) < 4.78 is 6.12. The van der Waals surface area contributed by atoms with E-state index >= 15 is 0 Å². The van der Waals surface area contributed by atoms with Crippen LogP contribution in [0.25, 0.3) is 0 Å². The molecular formula is C24H32N2O2. The molecule has 0 aromatic heterocycles. The maximum absolute atomic E-state index is 12.7. The minimum Gasteiger partial charge on any atom is -0.490 e. The van der Waals surface area contributed by atoms with Gasteiger partial charge in [0.15, 0.2) is 0 Å². The first kappa shape index (κ1) is 20.2. The van der Waals surface area contributed by atoms with E-state index in [0.29, 0.717) is 0 Å². The van der Waals surface area contributed by atoms with Crippen molar-refractivity contribution in [2.45, 2.75) is 57.6 Å². The summed E-state index contributed by atoms with van der Waals surface area (Å²) in [7, 11) is 0. The number of hydrogen-bond acceptors (Lipinski definition) is 2. The molecule has 1 heterocycles. The molecule has 1 N–H and O–H groups in total. The van der Waals surface area contributed by atoms with Crippen LogP contribution in [0.4, 0.5) is 4.79 Å². The number of rotatable bonds is 7.